The smallest absolute Gasteiger partial charge is 1.00 e. The summed E-state index contributed by atoms with van der Waals surface area (Å²) in [5.41, 5.74) is 0. The Morgan fingerprint density at radius 1 is 1.40 bits per heavy atom. The average Bonchev–Trinajstić information content (AvgIpc) is 1.89. The summed E-state index contributed by atoms with van der Waals surface area (Å²) in [4.78, 5) is 0. The first-order valence-corrected chi connectivity index (χ1v) is 3.42. The van der Waals surface area contributed by atoms with Gasteiger partial charge in [0, 0.05) is 0 Å². The number of hydrogen-bond acceptors (Lipinski definition) is 1. The molecule has 0 aromatic heterocycles. The standard InChI is InChI=1S/C7H7BrO.Mg.2H/c1-9-7-5-3-2-4-6(7)8;;;/h2-5H,1H3;;;/q;+2;2*-1. The van der Waals surface area contributed by atoms with E-state index in [4.69, 9.17) is 4.74 Å². The van der Waals surface area contributed by atoms with E-state index in [2.05, 4.69) is 15.9 Å². The molecular formula is C7H9BrMgO. The summed E-state index contributed by atoms with van der Waals surface area (Å²) in [6.45, 7) is 0. The second-order valence-corrected chi connectivity index (χ2v) is 2.49. The van der Waals surface area contributed by atoms with Crippen LogP contribution in [0.5, 0.6) is 5.75 Å². The quantitative estimate of drug-likeness (QED) is 0.650. The van der Waals surface area contributed by atoms with Crippen LogP contribution in [0, 0.1) is 0 Å². The molecule has 0 atom stereocenters. The Hall–Kier alpha value is 0.266. The van der Waals surface area contributed by atoms with Gasteiger partial charge in [-0.15, -0.1) is 0 Å². The maximum Gasteiger partial charge on any atom is 2.00 e. The maximum atomic E-state index is 5.00. The summed E-state index contributed by atoms with van der Waals surface area (Å²) in [6, 6.07) is 7.74. The van der Waals surface area contributed by atoms with E-state index in [1.807, 2.05) is 24.3 Å². The molecule has 0 aliphatic heterocycles. The van der Waals surface area contributed by atoms with E-state index in [-0.39, 0.29) is 25.9 Å². The number of para-hydroxylation sites is 1. The second-order valence-electron chi connectivity index (χ2n) is 1.63. The molecule has 0 bridgehead atoms. The van der Waals surface area contributed by atoms with Gasteiger partial charge in [0.15, 0.2) is 0 Å². The Labute approximate surface area is 88.0 Å². The van der Waals surface area contributed by atoms with E-state index in [1.54, 1.807) is 7.11 Å². The summed E-state index contributed by atoms with van der Waals surface area (Å²) < 4.78 is 5.99. The van der Waals surface area contributed by atoms with Gasteiger partial charge in [0.25, 0.3) is 0 Å². The molecule has 0 spiro atoms. The van der Waals surface area contributed by atoms with Crippen molar-refractivity contribution in [1.29, 1.82) is 0 Å². The molecule has 0 radical (unpaired) electrons. The molecule has 0 fully saturated rings. The molecular weight excluding hydrogens is 204 g/mol. The third kappa shape index (κ3) is 2.48. The molecule has 52 valence electrons. The fourth-order valence-electron chi connectivity index (χ4n) is 0.610. The molecule has 0 aliphatic rings. The van der Waals surface area contributed by atoms with Crippen molar-refractivity contribution in [3.63, 3.8) is 0 Å². The molecule has 1 nitrogen and oxygen atoms in total. The third-order valence-corrected chi connectivity index (χ3v) is 1.71. The minimum Gasteiger partial charge on any atom is -1.00 e. The van der Waals surface area contributed by atoms with Crippen molar-refractivity contribution in [2.45, 2.75) is 0 Å². The normalized spacial score (nSPS) is 8.20. The van der Waals surface area contributed by atoms with Crippen LogP contribution in [0.3, 0.4) is 0 Å². The van der Waals surface area contributed by atoms with Crippen molar-refractivity contribution in [3.05, 3.63) is 28.7 Å². The summed E-state index contributed by atoms with van der Waals surface area (Å²) in [7, 11) is 1.65. The van der Waals surface area contributed by atoms with Crippen LogP contribution < -0.4 is 4.74 Å². The fourth-order valence-corrected chi connectivity index (χ4v) is 1.06. The van der Waals surface area contributed by atoms with Crippen molar-refractivity contribution in [1.82, 2.24) is 0 Å². The average molecular weight is 213 g/mol. The van der Waals surface area contributed by atoms with Crippen LogP contribution in [0.25, 0.3) is 0 Å². The van der Waals surface area contributed by atoms with E-state index in [0.717, 1.165) is 10.2 Å². The van der Waals surface area contributed by atoms with E-state index in [0.29, 0.717) is 0 Å². The van der Waals surface area contributed by atoms with Crippen LogP contribution in [0.15, 0.2) is 28.7 Å². The SMILES string of the molecule is COc1ccccc1Br.[H-].[H-].[Mg+2]. The van der Waals surface area contributed by atoms with Crippen molar-refractivity contribution in [2.75, 3.05) is 7.11 Å². The van der Waals surface area contributed by atoms with Crippen molar-refractivity contribution in [3.8, 4) is 5.75 Å². The monoisotopic (exact) mass is 212 g/mol. The summed E-state index contributed by atoms with van der Waals surface area (Å²) in [5, 5.41) is 0. The Morgan fingerprint density at radius 3 is 2.40 bits per heavy atom. The Bertz CT molecular complexity index is 210. The van der Waals surface area contributed by atoms with Crippen LogP contribution in [-0.4, -0.2) is 30.2 Å². The number of ether oxygens (including phenoxy) is 1. The predicted molar refractivity (Wildman–Crippen MR) is 48.7 cm³/mol. The zero-order valence-corrected chi connectivity index (χ0v) is 8.80. The number of halogens is 1. The first kappa shape index (κ1) is 10.3. The third-order valence-electron chi connectivity index (χ3n) is 1.06. The molecule has 0 amide bonds. The van der Waals surface area contributed by atoms with Crippen LogP contribution in [0.1, 0.15) is 2.85 Å². The summed E-state index contributed by atoms with van der Waals surface area (Å²) in [6.07, 6.45) is 0. The molecule has 0 unspecified atom stereocenters. The Kier molecular flexibility index (Phi) is 5.12. The zero-order chi connectivity index (χ0) is 6.69. The first-order chi connectivity index (χ1) is 4.34. The van der Waals surface area contributed by atoms with Gasteiger partial charge in [-0.05, 0) is 28.1 Å². The van der Waals surface area contributed by atoms with Gasteiger partial charge in [0.2, 0.25) is 0 Å². The molecule has 0 N–H and O–H groups in total. The topological polar surface area (TPSA) is 9.23 Å². The largest absolute Gasteiger partial charge is 2.00 e. The summed E-state index contributed by atoms with van der Waals surface area (Å²) >= 11 is 3.33. The number of rotatable bonds is 1. The molecule has 0 aliphatic carbocycles. The van der Waals surface area contributed by atoms with Gasteiger partial charge in [-0.3, -0.25) is 0 Å². The molecule has 1 rings (SSSR count). The van der Waals surface area contributed by atoms with Gasteiger partial charge in [0.1, 0.15) is 5.75 Å². The van der Waals surface area contributed by atoms with Crippen molar-refractivity contribution < 1.29 is 7.59 Å². The Morgan fingerprint density at radius 2 is 2.00 bits per heavy atom. The maximum absolute atomic E-state index is 5.00. The van der Waals surface area contributed by atoms with Gasteiger partial charge in [-0.25, -0.2) is 0 Å². The van der Waals surface area contributed by atoms with Gasteiger partial charge in [0.05, 0.1) is 11.6 Å². The predicted octanol–water partition coefficient (Wildman–Crippen LogP) is 2.30. The van der Waals surface area contributed by atoms with E-state index in [1.165, 1.54) is 0 Å². The first-order valence-electron chi connectivity index (χ1n) is 2.63. The molecule has 0 saturated carbocycles. The number of hydrogen-bond donors (Lipinski definition) is 0. The van der Waals surface area contributed by atoms with Crippen LogP contribution in [0.2, 0.25) is 0 Å². The van der Waals surface area contributed by atoms with Gasteiger partial charge in [-0.1, -0.05) is 12.1 Å². The number of methoxy groups -OCH3 is 1. The minimum atomic E-state index is 0. The van der Waals surface area contributed by atoms with Crippen molar-refractivity contribution in [2.24, 2.45) is 0 Å². The van der Waals surface area contributed by atoms with Crippen LogP contribution in [-0.2, 0) is 0 Å². The van der Waals surface area contributed by atoms with E-state index < -0.39 is 0 Å². The molecule has 1 aromatic rings. The summed E-state index contributed by atoms with van der Waals surface area (Å²) in [5.74, 6) is 0.873. The molecule has 1 aromatic carbocycles. The second kappa shape index (κ2) is 4.99. The van der Waals surface area contributed by atoms with Crippen molar-refractivity contribution >= 4 is 39.0 Å². The van der Waals surface area contributed by atoms with Gasteiger partial charge >= 0.3 is 23.1 Å². The van der Waals surface area contributed by atoms with Crippen LogP contribution in [0.4, 0.5) is 0 Å². The fraction of sp³-hybridized carbons (Fsp3) is 0.143. The minimum absolute atomic E-state index is 0. The molecule has 0 heterocycles. The van der Waals surface area contributed by atoms with Gasteiger partial charge < -0.3 is 7.59 Å². The zero-order valence-electron chi connectivity index (χ0n) is 7.80. The van der Waals surface area contributed by atoms with E-state index >= 15 is 0 Å². The van der Waals surface area contributed by atoms with E-state index in [9.17, 15) is 0 Å². The number of benzene rings is 1. The van der Waals surface area contributed by atoms with Gasteiger partial charge in [-0.2, -0.15) is 0 Å². The molecule has 0 saturated heterocycles. The van der Waals surface area contributed by atoms with Crippen LogP contribution >= 0.6 is 15.9 Å². The molecule has 3 heteroatoms. The molecule has 10 heavy (non-hydrogen) atoms. The Balaban J connectivity index is -0.000000270.